The molecule has 1 heterocycles. The van der Waals surface area contributed by atoms with Gasteiger partial charge in [0, 0.05) is 19.0 Å². The highest BCUT2D eigenvalue weighted by molar-refractivity contribution is 5.80. The Balaban J connectivity index is 2.67. The monoisotopic (exact) mass is 255 g/mol. The van der Waals surface area contributed by atoms with Crippen LogP contribution in [-0.4, -0.2) is 34.5 Å². The van der Waals surface area contributed by atoms with Crippen molar-refractivity contribution >= 4 is 11.9 Å². The lowest BCUT2D eigenvalue weighted by Crippen LogP contribution is -2.48. The number of likely N-dealkylation sites (tertiary alicyclic amines) is 1. The first-order valence-corrected chi connectivity index (χ1v) is 7.12. The van der Waals surface area contributed by atoms with Gasteiger partial charge in [-0.1, -0.05) is 33.1 Å². The van der Waals surface area contributed by atoms with E-state index in [1.807, 2.05) is 4.90 Å². The molecule has 0 aliphatic carbocycles. The van der Waals surface area contributed by atoms with Gasteiger partial charge in [-0.2, -0.15) is 0 Å². The number of aliphatic carboxylic acids is 1. The van der Waals surface area contributed by atoms with Crippen LogP contribution in [0.3, 0.4) is 0 Å². The maximum absolute atomic E-state index is 12.0. The summed E-state index contributed by atoms with van der Waals surface area (Å²) in [7, 11) is 0. The van der Waals surface area contributed by atoms with E-state index in [1.165, 1.54) is 0 Å². The van der Waals surface area contributed by atoms with E-state index in [0.29, 0.717) is 19.4 Å². The zero-order valence-corrected chi connectivity index (χ0v) is 11.5. The Kier molecular flexibility index (Phi) is 6.16. The standard InChI is InChI=1S/C14H25NO3/c1-3-5-7-12(6-4-2)15-10-11(14(17)18)8-9-13(15)16/h11-12H,3-10H2,1-2H3,(H,17,18). The first-order chi connectivity index (χ1) is 8.60. The summed E-state index contributed by atoms with van der Waals surface area (Å²) in [6.45, 7) is 4.66. The molecule has 0 aromatic heterocycles. The summed E-state index contributed by atoms with van der Waals surface area (Å²) in [5.41, 5.74) is 0. The highest BCUT2D eigenvalue weighted by Gasteiger charge is 2.33. The van der Waals surface area contributed by atoms with Crippen molar-refractivity contribution in [1.29, 1.82) is 0 Å². The maximum Gasteiger partial charge on any atom is 0.308 e. The quantitative estimate of drug-likeness (QED) is 0.761. The lowest BCUT2D eigenvalue weighted by molar-refractivity contribution is -0.148. The molecule has 0 spiro atoms. The number of carbonyl (C=O) groups excluding carboxylic acids is 1. The van der Waals surface area contributed by atoms with Crippen LogP contribution < -0.4 is 0 Å². The van der Waals surface area contributed by atoms with E-state index in [4.69, 9.17) is 5.11 Å². The number of hydrogen-bond donors (Lipinski definition) is 1. The summed E-state index contributed by atoms with van der Waals surface area (Å²) in [6, 6.07) is 0.240. The average molecular weight is 255 g/mol. The lowest BCUT2D eigenvalue weighted by atomic mass is 9.93. The van der Waals surface area contributed by atoms with E-state index >= 15 is 0 Å². The van der Waals surface area contributed by atoms with Crippen molar-refractivity contribution in [3.05, 3.63) is 0 Å². The Hall–Kier alpha value is -1.06. The summed E-state index contributed by atoms with van der Waals surface area (Å²) in [4.78, 5) is 24.9. The summed E-state index contributed by atoms with van der Waals surface area (Å²) < 4.78 is 0. The second-order valence-corrected chi connectivity index (χ2v) is 5.20. The zero-order chi connectivity index (χ0) is 13.5. The molecule has 1 amide bonds. The Morgan fingerprint density at radius 2 is 2.11 bits per heavy atom. The smallest absolute Gasteiger partial charge is 0.308 e. The van der Waals surface area contributed by atoms with Crippen LogP contribution in [0.1, 0.15) is 58.8 Å². The van der Waals surface area contributed by atoms with Gasteiger partial charge in [0.05, 0.1) is 5.92 Å². The largest absolute Gasteiger partial charge is 0.481 e. The van der Waals surface area contributed by atoms with Gasteiger partial charge in [0.1, 0.15) is 0 Å². The predicted octanol–water partition coefficient (Wildman–Crippen LogP) is 2.67. The van der Waals surface area contributed by atoms with Crippen molar-refractivity contribution in [2.75, 3.05) is 6.54 Å². The Bertz CT molecular complexity index is 291. The number of carbonyl (C=O) groups is 2. The van der Waals surface area contributed by atoms with Gasteiger partial charge in [-0.3, -0.25) is 9.59 Å². The van der Waals surface area contributed by atoms with Gasteiger partial charge >= 0.3 is 5.97 Å². The Morgan fingerprint density at radius 1 is 1.39 bits per heavy atom. The minimum absolute atomic E-state index is 0.141. The van der Waals surface area contributed by atoms with Crippen LogP contribution in [-0.2, 0) is 9.59 Å². The normalized spacial score (nSPS) is 22.0. The van der Waals surface area contributed by atoms with Gasteiger partial charge < -0.3 is 10.0 Å². The summed E-state index contributed by atoms with van der Waals surface area (Å²) in [5, 5.41) is 9.09. The lowest BCUT2D eigenvalue weighted by Gasteiger charge is -2.37. The van der Waals surface area contributed by atoms with Crippen molar-refractivity contribution in [3.8, 4) is 0 Å². The predicted molar refractivity (Wildman–Crippen MR) is 70.3 cm³/mol. The van der Waals surface area contributed by atoms with Gasteiger partial charge in [-0.05, 0) is 19.3 Å². The van der Waals surface area contributed by atoms with E-state index in [1.54, 1.807) is 0 Å². The number of nitrogens with zero attached hydrogens (tertiary/aromatic N) is 1. The average Bonchev–Trinajstić information content (AvgIpc) is 2.35. The number of carboxylic acids is 1. The third kappa shape index (κ3) is 4.00. The zero-order valence-electron chi connectivity index (χ0n) is 11.5. The van der Waals surface area contributed by atoms with Gasteiger partial charge in [-0.25, -0.2) is 0 Å². The van der Waals surface area contributed by atoms with Crippen LogP contribution in [0.4, 0.5) is 0 Å². The first-order valence-electron chi connectivity index (χ1n) is 7.12. The highest BCUT2D eigenvalue weighted by Crippen LogP contribution is 2.24. The van der Waals surface area contributed by atoms with Gasteiger partial charge in [-0.15, -0.1) is 0 Å². The van der Waals surface area contributed by atoms with Gasteiger partial charge in [0.25, 0.3) is 0 Å². The summed E-state index contributed by atoms with van der Waals surface area (Å²) in [6.07, 6.45) is 6.13. The van der Waals surface area contributed by atoms with Crippen molar-refractivity contribution in [2.45, 2.75) is 64.8 Å². The number of piperidine rings is 1. The molecule has 1 N–H and O–H groups in total. The molecule has 1 rings (SSSR count). The van der Waals surface area contributed by atoms with Gasteiger partial charge in [0.15, 0.2) is 0 Å². The third-order valence-corrected chi connectivity index (χ3v) is 3.75. The number of unbranched alkanes of at least 4 members (excludes halogenated alkanes) is 1. The van der Waals surface area contributed by atoms with E-state index in [2.05, 4.69) is 13.8 Å². The summed E-state index contributed by atoms with van der Waals surface area (Å²) >= 11 is 0. The molecule has 4 heteroatoms. The topological polar surface area (TPSA) is 57.6 Å². The van der Waals surface area contributed by atoms with Crippen molar-refractivity contribution in [1.82, 2.24) is 4.90 Å². The molecule has 1 aliphatic rings. The highest BCUT2D eigenvalue weighted by atomic mass is 16.4. The second kappa shape index (κ2) is 7.39. The maximum atomic E-state index is 12.0. The molecule has 0 aromatic carbocycles. The molecule has 1 fully saturated rings. The van der Waals surface area contributed by atoms with E-state index in [9.17, 15) is 9.59 Å². The van der Waals surface area contributed by atoms with Gasteiger partial charge in [0.2, 0.25) is 5.91 Å². The third-order valence-electron chi connectivity index (χ3n) is 3.75. The molecule has 0 saturated carbocycles. The van der Waals surface area contributed by atoms with Crippen LogP contribution in [0.2, 0.25) is 0 Å². The fourth-order valence-electron chi connectivity index (χ4n) is 2.66. The molecule has 2 unspecified atom stereocenters. The second-order valence-electron chi connectivity index (χ2n) is 5.20. The molecule has 18 heavy (non-hydrogen) atoms. The minimum atomic E-state index is -0.766. The molecular formula is C14H25NO3. The van der Waals surface area contributed by atoms with Crippen LogP contribution in [0.15, 0.2) is 0 Å². The van der Waals surface area contributed by atoms with E-state index < -0.39 is 5.97 Å². The molecule has 2 atom stereocenters. The van der Waals surface area contributed by atoms with E-state index in [-0.39, 0.29) is 17.9 Å². The number of amides is 1. The molecular weight excluding hydrogens is 230 g/mol. The molecule has 0 aromatic rings. The molecule has 1 saturated heterocycles. The van der Waals surface area contributed by atoms with Crippen LogP contribution in [0, 0.1) is 5.92 Å². The SMILES string of the molecule is CCCCC(CCC)N1CC(C(=O)O)CCC1=O. The van der Waals surface area contributed by atoms with Crippen molar-refractivity contribution < 1.29 is 14.7 Å². The summed E-state index contributed by atoms with van der Waals surface area (Å²) in [5.74, 6) is -0.996. The molecule has 0 radical (unpaired) electrons. The molecule has 1 aliphatic heterocycles. The van der Waals surface area contributed by atoms with Crippen molar-refractivity contribution in [2.24, 2.45) is 5.92 Å². The van der Waals surface area contributed by atoms with E-state index in [0.717, 1.165) is 32.1 Å². The molecule has 4 nitrogen and oxygen atoms in total. The fraction of sp³-hybridized carbons (Fsp3) is 0.857. The molecule has 0 bridgehead atoms. The number of carboxylic acid groups (broad SMARTS) is 1. The fourth-order valence-corrected chi connectivity index (χ4v) is 2.66. The van der Waals surface area contributed by atoms with Crippen LogP contribution >= 0.6 is 0 Å². The number of rotatable bonds is 7. The Morgan fingerprint density at radius 3 is 2.67 bits per heavy atom. The molecule has 104 valence electrons. The van der Waals surface area contributed by atoms with Crippen LogP contribution in [0.5, 0.6) is 0 Å². The van der Waals surface area contributed by atoms with Crippen LogP contribution in [0.25, 0.3) is 0 Å². The Labute approximate surface area is 109 Å². The van der Waals surface area contributed by atoms with Crippen molar-refractivity contribution in [3.63, 3.8) is 0 Å². The first kappa shape index (κ1) is 15.0. The minimum Gasteiger partial charge on any atom is -0.481 e. The number of hydrogen-bond acceptors (Lipinski definition) is 2.